The van der Waals surface area contributed by atoms with Crippen molar-refractivity contribution in [2.75, 3.05) is 0 Å². The van der Waals surface area contributed by atoms with Crippen LogP contribution in [0.4, 0.5) is 0 Å². The number of hydrogen-bond acceptors (Lipinski definition) is 3. The first-order chi connectivity index (χ1) is 5.38. The van der Waals surface area contributed by atoms with Crippen molar-refractivity contribution < 1.29 is 0 Å². The molecule has 0 fully saturated rings. The maximum absolute atomic E-state index is 3.89. The van der Waals surface area contributed by atoms with Gasteiger partial charge in [0.2, 0.25) is 0 Å². The molecule has 2 aromatic heterocycles. The van der Waals surface area contributed by atoms with Crippen LogP contribution < -0.4 is 0 Å². The van der Waals surface area contributed by atoms with Crippen LogP contribution in [0.1, 0.15) is 0 Å². The first-order valence-electron chi connectivity index (χ1n) is 3.21. The van der Waals surface area contributed by atoms with E-state index in [1.54, 1.807) is 23.4 Å². The molecule has 0 spiro atoms. The van der Waals surface area contributed by atoms with Crippen molar-refractivity contribution >= 4 is 0 Å². The van der Waals surface area contributed by atoms with Crippen LogP contribution in [0.15, 0.2) is 18.7 Å². The van der Waals surface area contributed by atoms with E-state index in [4.69, 9.17) is 0 Å². The Hall–Kier alpha value is -1.65. The van der Waals surface area contributed by atoms with Gasteiger partial charge in [0.05, 0.1) is 24.4 Å². The smallest absolute Gasteiger partial charge is 0.106 e. The molecule has 0 aliphatic carbocycles. The fourth-order valence-corrected chi connectivity index (χ4v) is 0.930. The number of aromatic nitrogens is 5. The van der Waals surface area contributed by atoms with Crippen molar-refractivity contribution in [3.8, 4) is 11.4 Å². The van der Waals surface area contributed by atoms with Crippen LogP contribution in [0, 0.1) is 0 Å². The van der Waals surface area contributed by atoms with E-state index in [0.717, 1.165) is 11.4 Å². The Morgan fingerprint density at radius 1 is 1.45 bits per heavy atom. The van der Waals surface area contributed by atoms with E-state index in [-0.39, 0.29) is 0 Å². The molecule has 5 heteroatoms. The largest absolute Gasteiger partial charge is 0.343 e. The summed E-state index contributed by atoms with van der Waals surface area (Å²) in [6.45, 7) is 0. The van der Waals surface area contributed by atoms with Gasteiger partial charge in [-0.15, -0.1) is 5.10 Å². The molecule has 0 bridgehead atoms. The van der Waals surface area contributed by atoms with Crippen molar-refractivity contribution in [1.29, 1.82) is 0 Å². The third-order valence-corrected chi connectivity index (χ3v) is 1.49. The van der Waals surface area contributed by atoms with Crippen LogP contribution in [0.2, 0.25) is 0 Å². The summed E-state index contributed by atoms with van der Waals surface area (Å²) in [6.07, 6.45) is 5.05. The van der Waals surface area contributed by atoms with Crippen molar-refractivity contribution in [3.05, 3.63) is 18.7 Å². The first kappa shape index (κ1) is 6.09. The van der Waals surface area contributed by atoms with Gasteiger partial charge in [-0.25, -0.2) is 9.67 Å². The third-order valence-electron chi connectivity index (χ3n) is 1.49. The molecule has 2 aromatic rings. The highest BCUT2D eigenvalue weighted by molar-refractivity contribution is 5.50. The van der Waals surface area contributed by atoms with Crippen LogP contribution in [0.5, 0.6) is 0 Å². The second-order valence-corrected chi connectivity index (χ2v) is 2.21. The van der Waals surface area contributed by atoms with Gasteiger partial charge in [-0.3, -0.25) is 0 Å². The lowest BCUT2D eigenvalue weighted by molar-refractivity contribution is 0.719. The summed E-state index contributed by atoms with van der Waals surface area (Å²) in [6, 6.07) is 0. The molecule has 0 saturated heterocycles. The summed E-state index contributed by atoms with van der Waals surface area (Å²) in [7, 11) is 1.84. The fourth-order valence-electron chi connectivity index (χ4n) is 0.930. The molecular weight excluding hydrogens is 142 g/mol. The Labute approximate surface area is 63.1 Å². The van der Waals surface area contributed by atoms with Gasteiger partial charge in [0, 0.05) is 7.05 Å². The third kappa shape index (κ3) is 0.899. The van der Waals surface area contributed by atoms with E-state index >= 15 is 0 Å². The second-order valence-electron chi connectivity index (χ2n) is 2.21. The molecule has 0 unspecified atom stereocenters. The van der Waals surface area contributed by atoms with E-state index < -0.39 is 0 Å². The Kier molecular flexibility index (Phi) is 1.21. The topological polar surface area (TPSA) is 59.4 Å². The van der Waals surface area contributed by atoms with Crippen molar-refractivity contribution in [2.24, 2.45) is 7.05 Å². The molecule has 5 nitrogen and oxygen atoms in total. The molecule has 2 heterocycles. The summed E-state index contributed by atoms with van der Waals surface area (Å²) in [4.78, 5) is 6.86. The molecule has 0 aliphatic heterocycles. The molecule has 0 aromatic carbocycles. The minimum atomic E-state index is 0.928. The van der Waals surface area contributed by atoms with Gasteiger partial charge >= 0.3 is 0 Å². The lowest BCUT2D eigenvalue weighted by Crippen LogP contribution is -1.93. The zero-order valence-corrected chi connectivity index (χ0v) is 6.02. The van der Waals surface area contributed by atoms with Crippen molar-refractivity contribution in [1.82, 2.24) is 25.0 Å². The highest BCUT2D eigenvalue weighted by atomic mass is 15.4. The van der Waals surface area contributed by atoms with Crippen molar-refractivity contribution in [3.63, 3.8) is 0 Å². The number of hydrogen-bond donors (Lipinski definition) is 1. The molecule has 11 heavy (non-hydrogen) atoms. The van der Waals surface area contributed by atoms with Crippen molar-refractivity contribution in [2.45, 2.75) is 0 Å². The van der Waals surface area contributed by atoms with Gasteiger partial charge in [0.15, 0.2) is 0 Å². The number of rotatable bonds is 1. The fraction of sp³-hybridized carbons (Fsp3) is 0.167. The molecule has 56 valence electrons. The number of nitrogens with zero attached hydrogens (tertiary/aromatic N) is 4. The lowest BCUT2D eigenvalue weighted by Gasteiger charge is -1.93. The summed E-state index contributed by atoms with van der Waals surface area (Å²) < 4.78 is 1.69. The second kappa shape index (κ2) is 2.19. The van der Waals surface area contributed by atoms with E-state index in [9.17, 15) is 0 Å². The number of nitrogens with one attached hydrogen (secondary N) is 1. The number of H-pyrrole nitrogens is 1. The minimum absolute atomic E-state index is 0.928. The Morgan fingerprint density at radius 2 is 2.36 bits per heavy atom. The zero-order chi connectivity index (χ0) is 7.68. The van der Waals surface area contributed by atoms with Gasteiger partial charge in [-0.2, -0.15) is 0 Å². The molecular formula is C6H7N5. The van der Waals surface area contributed by atoms with Crippen LogP contribution in [0.25, 0.3) is 11.4 Å². The maximum Gasteiger partial charge on any atom is 0.106 e. The van der Waals surface area contributed by atoms with E-state index in [0.29, 0.717) is 0 Å². The molecule has 0 amide bonds. The number of aryl methyl sites for hydroxylation is 1. The van der Waals surface area contributed by atoms with Gasteiger partial charge in [-0.05, 0) is 0 Å². The predicted octanol–water partition coefficient (Wildman–Crippen LogP) is 0.205. The lowest BCUT2D eigenvalue weighted by atomic mass is 10.4. The zero-order valence-electron chi connectivity index (χ0n) is 6.02. The molecule has 0 saturated carbocycles. The maximum atomic E-state index is 3.89. The number of aromatic amines is 1. The predicted molar refractivity (Wildman–Crippen MR) is 38.6 cm³/mol. The van der Waals surface area contributed by atoms with Gasteiger partial charge in [0.1, 0.15) is 5.69 Å². The van der Waals surface area contributed by atoms with Gasteiger partial charge < -0.3 is 4.98 Å². The average molecular weight is 149 g/mol. The average Bonchev–Trinajstić information content (AvgIpc) is 2.55. The van der Waals surface area contributed by atoms with Crippen LogP contribution >= 0.6 is 0 Å². The van der Waals surface area contributed by atoms with Gasteiger partial charge in [-0.1, -0.05) is 5.21 Å². The monoisotopic (exact) mass is 149 g/mol. The normalized spacial score (nSPS) is 10.3. The SMILES string of the molecule is Cn1nncc1-c1cnc[nH]1. The Balaban J connectivity index is 2.53. The van der Waals surface area contributed by atoms with E-state index in [1.165, 1.54) is 0 Å². The highest BCUT2D eigenvalue weighted by Crippen LogP contribution is 2.11. The highest BCUT2D eigenvalue weighted by Gasteiger charge is 2.02. The molecule has 0 aliphatic rings. The summed E-state index contributed by atoms with van der Waals surface area (Å²) in [5.41, 5.74) is 1.86. The molecule has 1 N–H and O–H groups in total. The molecule has 0 radical (unpaired) electrons. The molecule has 0 atom stereocenters. The summed E-state index contributed by atoms with van der Waals surface area (Å²) in [5, 5.41) is 7.53. The Bertz CT molecular complexity index is 333. The molecule has 2 rings (SSSR count). The quantitative estimate of drug-likeness (QED) is 0.630. The van der Waals surface area contributed by atoms with Crippen LogP contribution in [0.3, 0.4) is 0 Å². The summed E-state index contributed by atoms with van der Waals surface area (Å²) in [5.74, 6) is 0. The number of imidazole rings is 1. The van der Waals surface area contributed by atoms with E-state index in [1.807, 2.05) is 7.05 Å². The first-order valence-corrected chi connectivity index (χ1v) is 3.21. The Morgan fingerprint density at radius 3 is 2.91 bits per heavy atom. The minimum Gasteiger partial charge on any atom is -0.343 e. The van der Waals surface area contributed by atoms with Gasteiger partial charge in [0.25, 0.3) is 0 Å². The standard InChI is InChI=1S/C6H7N5/c1-11-6(3-9-10-11)5-2-7-4-8-5/h2-4H,1H3,(H,7,8). The van der Waals surface area contributed by atoms with E-state index in [2.05, 4.69) is 20.3 Å². The van der Waals surface area contributed by atoms with Crippen LogP contribution in [-0.4, -0.2) is 25.0 Å². The summed E-state index contributed by atoms with van der Waals surface area (Å²) >= 11 is 0. The van der Waals surface area contributed by atoms with Crippen LogP contribution in [-0.2, 0) is 7.05 Å².